The van der Waals surface area contributed by atoms with Gasteiger partial charge in [0.2, 0.25) is 59.1 Å². The van der Waals surface area contributed by atoms with Gasteiger partial charge in [-0.1, -0.05) is 123 Å². The monoisotopic (exact) mass is 1330 g/mol. The maximum absolute atomic E-state index is 16.2. The number of carbonyl (C=O) groups excluding carboxylic acids is 11. The Bertz CT molecular complexity index is 2530. The third-order valence-corrected chi connectivity index (χ3v) is 19.2. The van der Waals surface area contributed by atoms with E-state index in [1.165, 1.54) is 99.4 Å². The molecule has 1 saturated heterocycles. The van der Waals surface area contributed by atoms with Crippen molar-refractivity contribution in [1.29, 1.82) is 0 Å². The van der Waals surface area contributed by atoms with E-state index in [-0.39, 0.29) is 67.4 Å². The largest absolute Gasteiger partial charge is 0.390 e. The number of thioether (sulfide) groups is 1. The highest BCUT2D eigenvalue weighted by molar-refractivity contribution is 8.01. The minimum Gasteiger partial charge on any atom is -0.390 e. The molecule has 0 spiro atoms. The number of nitrogens with one attached hydrogen (secondary N) is 5. The topological polar surface area (TPSA) is 291 Å². The van der Waals surface area contributed by atoms with Gasteiger partial charge in [-0.2, -0.15) is 0 Å². The van der Waals surface area contributed by atoms with Crippen LogP contribution in [-0.2, 0) is 52.7 Å². The molecule has 6 N–H and O–H groups in total. The predicted octanol–water partition coefficient (Wildman–Crippen LogP) is 4.58. The molecule has 0 aromatic carbocycles. The second kappa shape index (κ2) is 39.3. The lowest BCUT2D eigenvalue weighted by atomic mass is 9.91. The fourth-order valence-corrected chi connectivity index (χ4v) is 13.0. The zero-order valence-electron chi connectivity index (χ0n) is 61.6. The number of carbonyl (C=O) groups is 11. The summed E-state index contributed by atoms with van der Waals surface area (Å²) in [4.78, 5) is 171. The molecule has 0 radical (unpaired) electrons. The number of likely N-dealkylation sites (N-methyl/N-ethyl adjacent to an activating group) is 7. The number of hydrogen-bond donors (Lipinski definition) is 6. The highest BCUT2D eigenvalue weighted by atomic mass is 32.2. The van der Waals surface area contributed by atoms with E-state index in [1.54, 1.807) is 47.6 Å². The van der Waals surface area contributed by atoms with E-state index in [1.807, 2.05) is 68.4 Å². The lowest BCUT2D eigenvalue weighted by Crippen LogP contribution is -2.68. The minimum absolute atomic E-state index is 0.00952. The molecule has 93 heavy (non-hydrogen) atoms. The second-order valence-corrected chi connectivity index (χ2v) is 29.9. The number of aliphatic hydroxyl groups excluding tert-OH is 1. The zero-order valence-corrected chi connectivity index (χ0v) is 62.4. The summed E-state index contributed by atoms with van der Waals surface area (Å²) in [6.45, 7) is 34.8. The Morgan fingerprint density at radius 3 is 1.48 bits per heavy atom. The second-order valence-electron chi connectivity index (χ2n) is 28.6. The SMILES string of the molecule is C/C=C/C[C@@H](C)[C@@H](O)[C@H]1C(=O)N[C@@H](CC)C(=O)N(C)CC(=O)N(C)[C@@H](CC(C)C)C(=O)N[C@@H](C(C)C)C(=O)N(C)[C@@H](CC(C)C)C(=O)N[C@@H](C)C(=O)N[C@H](C)C(=O)N(C)[C@@H](CC(C)C)C(=O)N(C)[C@@H](CC(C)C)C(=O)N(C)[C@](SCCNCC(C)C)(C(C)C)C(=O)N1C. The van der Waals surface area contributed by atoms with Crippen molar-refractivity contribution < 1.29 is 57.8 Å². The van der Waals surface area contributed by atoms with Gasteiger partial charge in [0.1, 0.15) is 54.4 Å². The molecule has 534 valence electrons. The molecule has 0 aromatic heterocycles. The number of hydrogen-bond acceptors (Lipinski definition) is 14. The summed E-state index contributed by atoms with van der Waals surface area (Å²) in [6, 6.07) is -11.3. The maximum Gasteiger partial charge on any atom is 0.259 e. The molecule has 11 amide bonds. The molecule has 1 rings (SSSR count). The van der Waals surface area contributed by atoms with Crippen LogP contribution < -0.4 is 26.6 Å². The average molecular weight is 1330 g/mol. The molecule has 1 heterocycles. The van der Waals surface area contributed by atoms with Crippen LogP contribution in [0.3, 0.4) is 0 Å². The van der Waals surface area contributed by atoms with Gasteiger partial charge in [-0.25, -0.2) is 0 Å². The highest BCUT2D eigenvalue weighted by Gasteiger charge is 2.54. The van der Waals surface area contributed by atoms with E-state index in [9.17, 15) is 38.7 Å². The number of aliphatic hydroxyl groups is 1. The van der Waals surface area contributed by atoms with Gasteiger partial charge in [0.25, 0.3) is 5.91 Å². The highest BCUT2D eigenvalue weighted by Crippen LogP contribution is 2.40. The Kier molecular flexibility index (Phi) is 36.0. The van der Waals surface area contributed by atoms with Crippen molar-refractivity contribution in [2.45, 2.75) is 235 Å². The van der Waals surface area contributed by atoms with Crippen LogP contribution in [0.2, 0.25) is 0 Å². The van der Waals surface area contributed by atoms with E-state index >= 15 is 19.2 Å². The van der Waals surface area contributed by atoms with Crippen LogP contribution in [0.15, 0.2) is 12.2 Å². The molecule has 1 aliphatic heterocycles. The number of allylic oxidation sites excluding steroid dienone is 2. The van der Waals surface area contributed by atoms with E-state index in [2.05, 4.69) is 40.4 Å². The van der Waals surface area contributed by atoms with E-state index < -0.39 is 155 Å². The van der Waals surface area contributed by atoms with Crippen LogP contribution in [0, 0.1) is 47.3 Å². The Hall–Kier alpha value is -5.82. The van der Waals surface area contributed by atoms with Gasteiger partial charge < -0.3 is 66.0 Å². The van der Waals surface area contributed by atoms with Gasteiger partial charge in [0, 0.05) is 61.6 Å². The normalized spacial score (nSPS) is 26.5. The van der Waals surface area contributed by atoms with Crippen LogP contribution in [0.1, 0.15) is 170 Å². The molecule has 1 fully saturated rings. The predicted molar refractivity (Wildman–Crippen MR) is 368 cm³/mol. The minimum atomic E-state index is -1.82. The fraction of sp³-hybridized carbons (Fsp3) is 0.809. The third kappa shape index (κ3) is 24.1. The van der Waals surface area contributed by atoms with Crippen LogP contribution in [0.25, 0.3) is 0 Å². The number of rotatable bonds is 21. The summed E-state index contributed by atoms with van der Waals surface area (Å²) < 4.78 is 0. The van der Waals surface area contributed by atoms with Crippen molar-refractivity contribution >= 4 is 76.7 Å². The zero-order chi connectivity index (χ0) is 72.0. The Morgan fingerprint density at radius 2 is 1.01 bits per heavy atom. The van der Waals surface area contributed by atoms with Gasteiger partial charge in [-0.3, -0.25) is 52.7 Å². The fourth-order valence-electron chi connectivity index (χ4n) is 11.6. The Labute approximate surface area is 562 Å². The molecule has 1 aliphatic rings. The Balaban J connectivity index is 4.58. The summed E-state index contributed by atoms with van der Waals surface area (Å²) in [7, 11) is 10.1. The standard InChI is InChI=1S/C68H124N12O12S/c1-27-29-30-46(17)57(82)56-61(86)72-49(28-2)63(88)74(20)38-54(81)75(21)50(33-39(3)4)60(85)73-55(44(13)14)66(91)76(22)51(34-40(5)6)59(84)70-47(18)58(83)71-48(19)62(87)77(23)52(35-41(7)8)64(89)78(24)53(36-42(9)10)65(90)80(26)68(45(15)16,67(92)79(56)25)93-32-31-69-37-43(11)12/h27,29,39-53,55-57,69,82H,28,30-38H2,1-26H3,(H,70,84)(H,71,83)(H,72,86)(H,73,85)/b29-27+/t46-,47+,48-,49+,50+,51+,52+,53+,55+,56+,57-,68+/m1/s1. The molecular formula is C68H124N12O12S. The summed E-state index contributed by atoms with van der Waals surface area (Å²) >= 11 is 1.18. The molecule has 24 nitrogen and oxygen atoms in total. The first-order valence-corrected chi connectivity index (χ1v) is 34.7. The van der Waals surface area contributed by atoms with Crippen LogP contribution in [0.4, 0.5) is 0 Å². The van der Waals surface area contributed by atoms with E-state index in [4.69, 9.17) is 0 Å². The number of amides is 11. The molecule has 0 aromatic rings. The molecule has 0 unspecified atom stereocenters. The van der Waals surface area contributed by atoms with Gasteiger partial charge in [-0.15, -0.1) is 11.8 Å². The van der Waals surface area contributed by atoms with Crippen molar-refractivity contribution in [3.8, 4) is 0 Å². The molecular weight excluding hydrogens is 1210 g/mol. The molecule has 0 aliphatic carbocycles. The smallest absolute Gasteiger partial charge is 0.259 e. The molecule has 0 saturated carbocycles. The first-order valence-electron chi connectivity index (χ1n) is 33.7. The third-order valence-electron chi connectivity index (χ3n) is 17.5. The van der Waals surface area contributed by atoms with Gasteiger partial charge in [0.05, 0.1) is 12.6 Å². The molecule has 0 bridgehead atoms. The average Bonchev–Trinajstić information content (AvgIpc) is 0.761. The first kappa shape index (κ1) is 85.2. The summed E-state index contributed by atoms with van der Waals surface area (Å²) in [5.74, 6) is -9.38. The maximum atomic E-state index is 16.2. The lowest BCUT2D eigenvalue weighted by Gasteiger charge is -2.48. The Morgan fingerprint density at radius 1 is 0.548 bits per heavy atom. The van der Waals surface area contributed by atoms with Crippen LogP contribution in [-0.4, -0.2) is 244 Å². The number of nitrogens with zero attached hydrogens (tertiary/aromatic N) is 7. The van der Waals surface area contributed by atoms with Crippen molar-refractivity contribution in [3.05, 3.63) is 12.2 Å². The summed E-state index contributed by atoms with van der Waals surface area (Å²) in [5, 5.41) is 27.0. The van der Waals surface area contributed by atoms with Crippen LogP contribution >= 0.6 is 11.8 Å². The van der Waals surface area contributed by atoms with Crippen LogP contribution in [0.5, 0.6) is 0 Å². The summed E-state index contributed by atoms with van der Waals surface area (Å²) in [6.07, 6.45) is 2.95. The van der Waals surface area contributed by atoms with Gasteiger partial charge in [-0.05, 0) is 113 Å². The first-order chi connectivity index (χ1) is 43.0. The van der Waals surface area contributed by atoms with Gasteiger partial charge >= 0.3 is 0 Å². The van der Waals surface area contributed by atoms with E-state index in [0.717, 1.165) is 9.80 Å². The molecule has 12 atom stereocenters. The van der Waals surface area contributed by atoms with Crippen molar-refractivity contribution in [3.63, 3.8) is 0 Å². The van der Waals surface area contributed by atoms with E-state index in [0.29, 0.717) is 19.5 Å². The van der Waals surface area contributed by atoms with Gasteiger partial charge in [0.15, 0.2) is 4.87 Å². The quantitative estimate of drug-likeness (QED) is 0.0678. The van der Waals surface area contributed by atoms with Crippen molar-refractivity contribution in [1.82, 2.24) is 60.9 Å². The summed E-state index contributed by atoms with van der Waals surface area (Å²) in [5.41, 5.74) is 0. The molecule has 25 heteroatoms. The lowest BCUT2D eigenvalue weighted by molar-refractivity contribution is -0.159. The van der Waals surface area contributed by atoms with Crippen molar-refractivity contribution in [2.75, 3.05) is 74.7 Å². The van der Waals surface area contributed by atoms with Crippen molar-refractivity contribution in [2.24, 2.45) is 47.3 Å².